The summed E-state index contributed by atoms with van der Waals surface area (Å²) >= 11 is 0. The molecule has 0 aliphatic carbocycles. The Kier molecular flexibility index (Phi) is 8.89. The lowest BCUT2D eigenvalue weighted by Gasteiger charge is -2.23. The first-order valence-corrected chi connectivity index (χ1v) is 14.5. The number of ketones is 1. The van der Waals surface area contributed by atoms with Crippen LogP contribution in [0.3, 0.4) is 0 Å². The molecule has 12 heteroatoms. The normalized spacial score (nSPS) is 19.3. The van der Waals surface area contributed by atoms with Crippen LogP contribution >= 0.6 is 0 Å². The van der Waals surface area contributed by atoms with E-state index in [0.29, 0.717) is 23.1 Å². The van der Waals surface area contributed by atoms with Gasteiger partial charge in [-0.25, -0.2) is 13.4 Å². The fourth-order valence-corrected chi connectivity index (χ4v) is 6.18. The standard InChI is InChI=1S/C28H34N4O7S/c1-17(2)11-22(31-28(35)25-14-19-13-20(38-4)8-9-24(19)39-25)27(34)30-21-12-18(3)15-32(16-23(21)33)40(36,37)26-7-5-6-10-29-26/h5-10,13-14,17-18,21-22H,11-12,15-16H2,1-4H3,(H,30,34)(H,31,35)/t18-,21-,22+/m1/s1. The Labute approximate surface area is 233 Å². The third-order valence-corrected chi connectivity index (χ3v) is 8.44. The van der Waals surface area contributed by atoms with Gasteiger partial charge in [-0.2, -0.15) is 4.31 Å². The van der Waals surface area contributed by atoms with Crippen LogP contribution in [0, 0.1) is 11.8 Å². The number of amides is 2. The Morgan fingerprint density at radius 3 is 2.65 bits per heavy atom. The number of carbonyl (C=O) groups excluding carboxylic acids is 3. The summed E-state index contributed by atoms with van der Waals surface area (Å²) in [6.07, 6.45) is 1.96. The molecule has 2 amide bonds. The van der Waals surface area contributed by atoms with Gasteiger partial charge in [0, 0.05) is 18.1 Å². The van der Waals surface area contributed by atoms with E-state index in [-0.39, 0.29) is 35.6 Å². The van der Waals surface area contributed by atoms with Crippen molar-refractivity contribution in [1.29, 1.82) is 0 Å². The predicted octanol–water partition coefficient (Wildman–Crippen LogP) is 2.77. The molecule has 1 aromatic carbocycles. The molecule has 1 aliphatic heterocycles. The lowest BCUT2D eigenvalue weighted by atomic mass is 9.98. The number of rotatable bonds is 9. The molecular formula is C28H34N4O7S. The number of Topliss-reactive ketones (excluding diaryl/α,β-unsaturated/α-hetero) is 1. The first kappa shape index (κ1) is 29.2. The molecule has 3 heterocycles. The van der Waals surface area contributed by atoms with Gasteiger partial charge >= 0.3 is 0 Å². The maximum atomic E-state index is 13.4. The lowest BCUT2D eigenvalue weighted by molar-refractivity contribution is -0.129. The van der Waals surface area contributed by atoms with Crippen molar-refractivity contribution in [1.82, 2.24) is 19.9 Å². The minimum Gasteiger partial charge on any atom is -0.497 e. The van der Waals surface area contributed by atoms with Crippen LogP contribution in [0.15, 0.2) is 58.1 Å². The maximum Gasteiger partial charge on any atom is 0.287 e. The van der Waals surface area contributed by atoms with E-state index in [0.717, 1.165) is 4.31 Å². The SMILES string of the molecule is COc1ccc2oc(C(=O)N[C@@H](CC(C)C)C(=O)N[C@@H]3C[C@@H](C)CN(S(=O)(=O)c4ccccn4)CC3=O)cc2c1. The van der Waals surface area contributed by atoms with Gasteiger partial charge in [-0.1, -0.05) is 26.8 Å². The molecule has 11 nitrogen and oxygen atoms in total. The number of nitrogens with zero attached hydrogens (tertiary/aromatic N) is 2. The van der Waals surface area contributed by atoms with Gasteiger partial charge in [0.15, 0.2) is 16.6 Å². The zero-order valence-corrected chi connectivity index (χ0v) is 23.7. The number of methoxy groups -OCH3 is 1. The molecule has 2 aromatic heterocycles. The van der Waals surface area contributed by atoms with Crippen LogP contribution in [0.5, 0.6) is 5.75 Å². The summed E-state index contributed by atoms with van der Waals surface area (Å²) in [6, 6.07) is 9.44. The molecule has 40 heavy (non-hydrogen) atoms. The van der Waals surface area contributed by atoms with Crippen molar-refractivity contribution in [2.45, 2.75) is 50.7 Å². The summed E-state index contributed by atoms with van der Waals surface area (Å²) in [5, 5.41) is 6.05. The number of furan rings is 1. The van der Waals surface area contributed by atoms with Crippen molar-refractivity contribution in [3.05, 3.63) is 54.4 Å². The van der Waals surface area contributed by atoms with Crippen molar-refractivity contribution < 1.29 is 32.0 Å². The zero-order valence-electron chi connectivity index (χ0n) is 22.9. The first-order chi connectivity index (χ1) is 19.0. The second-order valence-electron chi connectivity index (χ2n) is 10.5. The summed E-state index contributed by atoms with van der Waals surface area (Å²) in [5.41, 5.74) is 0.499. The highest BCUT2D eigenvalue weighted by Crippen LogP contribution is 2.25. The highest BCUT2D eigenvalue weighted by molar-refractivity contribution is 7.89. The van der Waals surface area contributed by atoms with E-state index < -0.39 is 46.2 Å². The van der Waals surface area contributed by atoms with Gasteiger partial charge in [0.05, 0.1) is 19.7 Å². The molecule has 3 atom stereocenters. The van der Waals surface area contributed by atoms with Crippen molar-refractivity contribution in [3.8, 4) is 5.75 Å². The zero-order chi connectivity index (χ0) is 29.0. The molecular weight excluding hydrogens is 536 g/mol. The van der Waals surface area contributed by atoms with E-state index in [4.69, 9.17) is 9.15 Å². The van der Waals surface area contributed by atoms with E-state index in [1.54, 1.807) is 43.5 Å². The van der Waals surface area contributed by atoms with Crippen LogP contribution in [0.2, 0.25) is 0 Å². The number of hydrogen-bond acceptors (Lipinski definition) is 8. The summed E-state index contributed by atoms with van der Waals surface area (Å²) in [4.78, 5) is 43.5. The van der Waals surface area contributed by atoms with Crippen LogP contribution in [0.4, 0.5) is 0 Å². The molecule has 1 saturated heterocycles. The van der Waals surface area contributed by atoms with Crippen molar-refractivity contribution in [3.63, 3.8) is 0 Å². The molecule has 214 valence electrons. The van der Waals surface area contributed by atoms with Gasteiger partial charge < -0.3 is 19.8 Å². The minimum absolute atomic E-state index is 0.0411. The highest BCUT2D eigenvalue weighted by atomic mass is 32.2. The molecule has 0 bridgehead atoms. The van der Waals surface area contributed by atoms with Gasteiger partial charge in [0.1, 0.15) is 17.4 Å². The van der Waals surface area contributed by atoms with Gasteiger partial charge in [-0.05, 0) is 61.1 Å². The number of nitrogens with one attached hydrogen (secondary N) is 2. The van der Waals surface area contributed by atoms with E-state index in [1.807, 2.05) is 20.8 Å². The molecule has 1 fully saturated rings. The average molecular weight is 571 g/mol. The second kappa shape index (κ2) is 12.2. The Morgan fingerprint density at radius 1 is 1.20 bits per heavy atom. The van der Waals surface area contributed by atoms with E-state index in [1.165, 1.54) is 12.3 Å². The van der Waals surface area contributed by atoms with Crippen LogP contribution in [0.1, 0.15) is 44.2 Å². The van der Waals surface area contributed by atoms with E-state index in [9.17, 15) is 22.8 Å². The monoisotopic (exact) mass is 570 g/mol. The second-order valence-corrected chi connectivity index (χ2v) is 12.4. The molecule has 1 aliphatic rings. The third kappa shape index (κ3) is 6.68. The largest absolute Gasteiger partial charge is 0.497 e. The number of hydrogen-bond donors (Lipinski definition) is 2. The minimum atomic E-state index is -3.98. The smallest absolute Gasteiger partial charge is 0.287 e. The van der Waals surface area contributed by atoms with Crippen molar-refractivity contribution in [2.24, 2.45) is 11.8 Å². The molecule has 3 aromatic rings. The van der Waals surface area contributed by atoms with Gasteiger partial charge in [0.2, 0.25) is 5.91 Å². The molecule has 0 radical (unpaired) electrons. The summed E-state index contributed by atoms with van der Waals surface area (Å²) in [5.74, 6) is -1.03. The average Bonchev–Trinajstić information content (AvgIpc) is 3.29. The molecule has 4 rings (SSSR count). The Hall–Kier alpha value is -3.77. The lowest BCUT2D eigenvalue weighted by Crippen LogP contribution is -2.52. The Bertz CT molecular complexity index is 1490. The van der Waals surface area contributed by atoms with Crippen LogP contribution in [0.25, 0.3) is 11.0 Å². The summed E-state index contributed by atoms with van der Waals surface area (Å²) in [6.45, 7) is 5.37. The van der Waals surface area contributed by atoms with Gasteiger partial charge in [-0.15, -0.1) is 0 Å². The molecule has 2 N–H and O–H groups in total. The van der Waals surface area contributed by atoms with Crippen LogP contribution in [-0.2, 0) is 19.6 Å². The summed E-state index contributed by atoms with van der Waals surface area (Å²) in [7, 11) is -2.44. The fourth-order valence-electron chi connectivity index (χ4n) is 4.72. The van der Waals surface area contributed by atoms with Crippen molar-refractivity contribution >= 4 is 38.6 Å². The summed E-state index contributed by atoms with van der Waals surface area (Å²) < 4.78 is 38.2. The number of ether oxygens (including phenoxy) is 1. The topological polar surface area (TPSA) is 148 Å². The van der Waals surface area contributed by atoms with E-state index in [2.05, 4.69) is 15.6 Å². The molecule has 0 unspecified atom stereocenters. The third-order valence-electron chi connectivity index (χ3n) is 6.71. The van der Waals surface area contributed by atoms with Crippen LogP contribution < -0.4 is 15.4 Å². The fraction of sp³-hybridized carbons (Fsp3) is 0.429. The number of aromatic nitrogens is 1. The Morgan fingerprint density at radius 2 is 1.98 bits per heavy atom. The van der Waals surface area contributed by atoms with E-state index >= 15 is 0 Å². The van der Waals surface area contributed by atoms with Gasteiger partial charge in [-0.3, -0.25) is 14.4 Å². The van der Waals surface area contributed by atoms with Crippen molar-refractivity contribution in [2.75, 3.05) is 20.2 Å². The molecule has 0 saturated carbocycles. The number of carbonyl (C=O) groups is 3. The molecule has 0 spiro atoms. The Balaban J connectivity index is 1.47. The maximum absolute atomic E-state index is 13.4. The highest BCUT2D eigenvalue weighted by Gasteiger charge is 2.37. The van der Waals surface area contributed by atoms with Gasteiger partial charge in [0.25, 0.3) is 15.9 Å². The number of sulfonamides is 1. The number of fused-ring (bicyclic) bond motifs is 1. The first-order valence-electron chi connectivity index (χ1n) is 13.1. The van der Waals surface area contributed by atoms with Crippen LogP contribution in [-0.4, -0.2) is 67.6 Å². The number of pyridine rings is 1. The quantitative estimate of drug-likeness (QED) is 0.399. The predicted molar refractivity (Wildman–Crippen MR) is 147 cm³/mol. The number of benzene rings is 1.